The summed E-state index contributed by atoms with van der Waals surface area (Å²) in [7, 11) is 0. The molecule has 0 bridgehead atoms. The molecule has 1 N–H and O–H groups in total. The highest BCUT2D eigenvalue weighted by Gasteiger charge is 2.21. The average Bonchev–Trinajstić information content (AvgIpc) is 2.51. The Bertz CT molecular complexity index is 432. The number of piperazine rings is 1. The van der Waals surface area contributed by atoms with Crippen molar-refractivity contribution in [3.63, 3.8) is 0 Å². The molecule has 0 aromatic heterocycles. The largest absolute Gasteiger partial charge is 0.395 e. The van der Waals surface area contributed by atoms with Crippen molar-refractivity contribution in [2.75, 3.05) is 39.3 Å². The summed E-state index contributed by atoms with van der Waals surface area (Å²) in [4.78, 5) is 4.93. The van der Waals surface area contributed by atoms with Crippen LogP contribution in [0.5, 0.6) is 0 Å². The number of aliphatic hydroxyl groups is 1. The van der Waals surface area contributed by atoms with E-state index in [9.17, 15) is 5.11 Å². The van der Waals surface area contributed by atoms with Crippen LogP contribution in [-0.2, 0) is 0 Å². The minimum atomic E-state index is 0.281. The molecule has 0 spiro atoms. The summed E-state index contributed by atoms with van der Waals surface area (Å²) < 4.78 is 0. The van der Waals surface area contributed by atoms with Gasteiger partial charge in [-0.1, -0.05) is 48.9 Å². The lowest BCUT2D eigenvalue weighted by molar-refractivity contribution is 0.0672. The highest BCUT2D eigenvalue weighted by atomic mass is 16.3. The molecule has 2 rings (SSSR count). The van der Waals surface area contributed by atoms with Crippen molar-refractivity contribution in [3.05, 3.63) is 41.5 Å². The lowest BCUT2D eigenvalue weighted by atomic mass is 10.1. The van der Waals surface area contributed by atoms with Crippen molar-refractivity contribution in [1.82, 2.24) is 9.80 Å². The first-order valence-electron chi connectivity index (χ1n) is 8.02. The number of hydrogen-bond donors (Lipinski definition) is 1. The fourth-order valence-corrected chi connectivity index (χ4v) is 3.02. The Morgan fingerprint density at radius 3 is 2.43 bits per heavy atom. The molecule has 0 amide bonds. The summed E-state index contributed by atoms with van der Waals surface area (Å²) in [6.07, 6.45) is 3.30. The predicted molar refractivity (Wildman–Crippen MR) is 89.3 cm³/mol. The quantitative estimate of drug-likeness (QED) is 0.871. The van der Waals surface area contributed by atoms with Gasteiger partial charge in [0.05, 0.1) is 6.61 Å². The number of nitrogens with zero attached hydrogens (tertiary/aromatic N) is 2. The highest BCUT2D eigenvalue weighted by molar-refractivity contribution is 5.52. The van der Waals surface area contributed by atoms with Crippen molar-refractivity contribution >= 4 is 6.08 Å². The molecule has 3 heteroatoms. The Morgan fingerprint density at radius 2 is 1.86 bits per heavy atom. The number of aliphatic hydroxyl groups excluding tert-OH is 1. The van der Waals surface area contributed by atoms with E-state index in [1.165, 1.54) is 11.1 Å². The van der Waals surface area contributed by atoms with Gasteiger partial charge in [0, 0.05) is 38.8 Å². The smallest absolute Gasteiger partial charge is 0.0586 e. The van der Waals surface area contributed by atoms with Gasteiger partial charge in [-0.15, -0.1) is 0 Å². The molecule has 0 saturated carbocycles. The first-order chi connectivity index (χ1) is 10.2. The van der Waals surface area contributed by atoms with Crippen molar-refractivity contribution in [2.24, 2.45) is 0 Å². The Morgan fingerprint density at radius 1 is 1.19 bits per heavy atom. The van der Waals surface area contributed by atoms with E-state index in [0.29, 0.717) is 6.04 Å². The molecule has 1 saturated heterocycles. The number of hydrogen-bond acceptors (Lipinski definition) is 3. The summed E-state index contributed by atoms with van der Waals surface area (Å²) in [5.41, 5.74) is 2.68. The van der Waals surface area contributed by atoms with E-state index in [-0.39, 0.29) is 6.61 Å². The van der Waals surface area contributed by atoms with Crippen LogP contribution in [-0.4, -0.2) is 60.3 Å². The molecule has 0 aliphatic carbocycles. The predicted octanol–water partition coefficient (Wildman–Crippen LogP) is 2.48. The highest BCUT2D eigenvalue weighted by Crippen LogP contribution is 2.12. The van der Waals surface area contributed by atoms with E-state index < -0.39 is 0 Å². The topological polar surface area (TPSA) is 26.7 Å². The van der Waals surface area contributed by atoms with Crippen molar-refractivity contribution in [1.29, 1.82) is 0 Å². The standard InChI is InChI=1S/C18H28N2O/c1-3-18(15-21)20-11-9-19(10-12-20)14-16(2)13-17-7-5-4-6-8-17/h4-8,13,18,21H,3,9-12,14-15H2,1-2H3. The van der Waals surface area contributed by atoms with E-state index in [1.807, 2.05) is 0 Å². The molecule has 1 atom stereocenters. The molecule has 1 aliphatic heterocycles. The molecule has 21 heavy (non-hydrogen) atoms. The average molecular weight is 288 g/mol. The maximum absolute atomic E-state index is 9.39. The van der Waals surface area contributed by atoms with Crippen LogP contribution < -0.4 is 0 Å². The lowest BCUT2D eigenvalue weighted by Gasteiger charge is -2.38. The fraction of sp³-hybridized carbons (Fsp3) is 0.556. The first-order valence-corrected chi connectivity index (χ1v) is 8.02. The molecule has 1 heterocycles. The third-order valence-electron chi connectivity index (χ3n) is 4.29. The summed E-state index contributed by atoms with van der Waals surface area (Å²) in [5, 5.41) is 9.39. The molecule has 1 fully saturated rings. The monoisotopic (exact) mass is 288 g/mol. The van der Waals surface area contributed by atoms with Gasteiger partial charge >= 0.3 is 0 Å². The van der Waals surface area contributed by atoms with Gasteiger partial charge < -0.3 is 5.11 Å². The molecule has 1 aliphatic rings. The van der Waals surface area contributed by atoms with Crippen LogP contribution >= 0.6 is 0 Å². The molecule has 116 valence electrons. The van der Waals surface area contributed by atoms with E-state index in [4.69, 9.17) is 0 Å². The molecular formula is C18H28N2O. The van der Waals surface area contributed by atoms with Gasteiger partial charge in [0.15, 0.2) is 0 Å². The normalized spacial score (nSPS) is 19.7. The molecule has 0 radical (unpaired) electrons. The Kier molecular flexibility index (Phi) is 6.43. The van der Waals surface area contributed by atoms with Crippen molar-refractivity contribution < 1.29 is 5.11 Å². The number of rotatable bonds is 6. The van der Waals surface area contributed by atoms with Crippen LogP contribution in [0.3, 0.4) is 0 Å². The van der Waals surface area contributed by atoms with E-state index in [1.54, 1.807) is 0 Å². The third-order valence-corrected chi connectivity index (χ3v) is 4.29. The van der Waals surface area contributed by atoms with Crippen molar-refractivity contribution in [3.8, 4) is 0 Å². The second kappa shape index (κ2) is 8.32. The third kappa shape index (κ3) is 4.95. The van der Waals surface area contributed by atoms with Gasteiger partial charge in [0.2, 0.25) is 0 Å². The van der Waals surface area contributed by atoms with Gasteiger partial charge in [0.1, 0.15) is 0 Å². The summed E-state index contributed by atoms with van der Waals surface area (Å²) in [6.45, 7) is 10.0. The zero-order valence-electron chi connectivity index (χ0n) is 13.3. The fourth-order valence-electron chi connectivity index (χ4n) is 3.02. The summed E-state index contributed by atoms with van der Waals surface area (Å²) in [5.74, 6) is 0. The van der Waals surface area contributed by atoms with Gasteiger partial charge in [-0.3, -0.25) is 9.80 Å². The Balaban J connectivity index is 1.82. The van der Waals surface area contributed by atoms with Gasteiger partial charge in [-0.05, 0) is 18.9 Å². The van der Waals surface area contributed by atoms with Gasteiger partial charge in [-0.25, -0.2) is 0 Å². The molecule has 1 unspecified atom stereocenters. The zero-order chi connectivity index (χ0) is 15.1. The van der Waals surface area contributed by atoms with Crippen LogP contribution in [0.15, 0.2) is 35.9 Å². The number of benzene rings is 1. The molecular weight excluding hydrogens is 260 g/mol. The SMILES string of the molecule is CCC(CO)N1CCN(CC(C)=Cc2ccccc2)CC1. The maximum atomic E-state index is 9.39. The molecule has 1 aromatic carbocycles. The van der Waals surface area contributed by atoms with E-state index in [0.717, 1.165) is 39.1 Å². The Hall–Kier alpha value is -1.16. The lowest BCUT2D eigenvalue weighted by Crippen LogP contribution is -2.51. The Labute approximate surface area is 128 Å². The van der Waals surface area contributed by atoms with Crippen molar-refractivity contribution in [2.45, 2.75) is 26.3 Å². The van der Waals surface area contributed by atoms with Gasteiger partial charge in [-0.2, -0.15) is 0 Å². The minimum absolute atomic E-state index is 0.281. The molecule has 3 nitrogen and oxygen atoms in total. The maximum Gasteiger partial charge on any atom is 0.0586 e. The van der Waals surface area contributed by atoms with E-state index >= 15 is 0 Å². The van der Waals surface area contributed by atoms with Crippen LogP contribution in [0.1, 0.15) is 25.8 Å². The van der Waals surface area contributed by atoms with Crippen LogP contribution in [0.25, 0.3) is 6.08 Å². The van der Waals surface area contributed by atoms with Crippen LogP contribution in [0.2, 0.25) is 0 Å². The van der Waals surface area contributed by atoms with Gasteiger partial charge in [0.25, 0.3) is 0 Å². The molecule has 1 aromatic rings. The van der Waals surface area contributed by atoms with Crippen LogP contribution in [0, 0.1) is 0 Å². The zero-order valence-corrected chi connectivity index (χ0v) is 13.3. The summed E-state index contributed by atoms with van der Waals surface area (Å²) in [6, 6.07) is 10.9. The minimum Gasteiger partial charge on any atom is -0.395 e. The summed E-state index contributed by atoms with van der Waals surface area (Å²) >= 11 is 0. The second-order valence-corrected chi connectivity index (χ2v) is 5.96. The van der Waals surface area contributed by atoms with E-state index in [2.05, 4.69) is 60.1 Å². The van der Waals surface area contributed by atoms with Crippen LogP contribution in [0.4, 0.5) is 0 Å². The second-order valence-electron chi connectivity index (χ2n) is 5.96. The first kappa shape index (κ1) is 16.2.